The first kappa shape index (κ1) is 13.6. The molecule has 2 rings (SSSR count). The van der Waals surface area contributed by atoms with E-state index in [0.717, 1.165) is 29.2 Å². The maximum Gasteiger partial charge on any atom is 0.133 e. The normalized spacial score (nSPS) is 16.8. The molecule has 0 aromatic heterocycles. The standard InChI is InChI=1S/C15H19BrO2/c1-10(7-8-17)13-9-11-5-3-2-4-6-12(11)14(16)15(13)18/h8-10,18H,2-7H2,1H3. The Bertz CT molecular complexity index is 454. The lowest BCUT2D eigenvalue weighted by atomic mass is 9.91. The second kappa shape index (κ2) is 5.87. The average Bonchev–Trinajstić information content (AvgIpc) is 2.59. The highest BCUT2D eigenvalue weighted by atomic mass is 79.9. The number of hydrogen-bond donors (Lipinski definition) is 1. The Morgan fingerprint density at radius 3 is 2.83 bits per heavy atom. The molecule has 0 saturated heterocycles. The van der Waals surface area contributed by atoms with Gasteiger partial charge < -0.3 is 9.90 Å². The zero-order valence-corrected chi connectivity index (χ0v) is 12.3. The van der Waals surface area contributed by atoms with E-state index < -0.39 is 0 Å². The molecule has 1 N–H and O–H groups in total. The molecule has 3 heteroatoms. The number of rotatable bonds is 3. The van der Waals surface area contributed by atoms with Gasteiger partial charge in [-0.1, -0.05) is 19.4 Å². The molecular formula is C15H19BrO2. The van der Waals surface area contributed by atoms with Crippen molar-refractivity contribution in [1.82, 2.24) is 0 Å². The van der Waals surface area contributed by atoms with Crippen molar-refractivity contribution in [2.24, 2.45) is 0 Å². The van der Waals surface area contributed by atoms with Crippen LogP contribution in [-0.4, -0.2) is 11.4 Å². The van der Waals surface area contributed by atoms with Crippen molar-refractivity contribution in [3.05, 3.63) is 27.2 Å². The van der Waals surface area contributed by atoms with Gasteiger partial charge in [0.05, 0.1) is 4.47 Å². The lowest BCUT2D eigenvalue weighted by molar-refractivity contribution is -0.108. The lowest BCUT2D eigenvalue weighted by Crippen LogP contribution is -2.01. The summed E-state index contributed by atoms with van der Waals surface area (Å²) in [6, 6.07) is 2.11. The van der Waals surface area contributed by atoms with Crippen LogP contribution in [0, 0.1) is 0 Å². The van der Waals surface area contributed by atoms with Crippen molar-refractivity contribution in [2.45, 2.75) is 51.4 Å². The van der Waals surface area contributed by atoms with Crippen LogP contribution in [0.2, 0.25) is 0 Å². The van der Waals surface area contributed by atoms with Crippen LogP contribution in [-0.2, 0) is 17.6 Å². The lowest BCUT2D eigenvalue weighted by Gasteiger charge is -2.17. The van der Waals surface area contributed by atoms with Gasteiger partial charge in [0.2, 0.25) is 0 Å². The second-order valence-corrected chi connectivity index (χ2v) is 5.92. The molecule has 1 aromatic rings. The van der Waals surface area contributed by atoms with Gasteiger partial charge >= 0.3 is 0 Å². The molecule has 0 saturated carbocycles. The first-order valence-electron chi connectivity index (χ1n) is 6.62. The molecule has 1 unspecified atom stereocenters. The molecule has 1 aliphatic rings. The summed E-state index contributed by atoms with van der Waals surface area (Å²) < 4.78 is 0.842. The summed E-state index contributed by atoms with van der Waals surface area (Å²) in [5, 5.41) is 10.3. The Hall–Kier alpha value is -0.830. The van der Waals surface area contributed by atoms with E-state index in [0.29, 0.717) is 12.2 Å². The van der Waals surface area contributed by atoms with Crippen molar-refractivity contribution >= 4 is 22.2 Å². The molecule has 0 aliphatic heterocycles. The van der Waals surface area contributed by atoms with E-state index >= 15 is 0 Å². The van der Waals surface area contributed by atoms with Crippen LogP contribution in [0.4, 0.5) is 0 Å². The average molecular weight is 311 g/mol. The van der Waals surface area contributed by atoms with Gasteiger partial charge in [0, 0.05) is 6.42 Å². The Morgan fingerprint density at radius 2 is 2.11 bits per heavy atom. The van der Waals surface area contributed by atoms with Crippen LogP contribution in [0.25, 0.3) is 0 Å². The van der Waals surface area contributed by atoms with Crippen LogP contribution in [0.15, 0.2) is 10.5 Å². The quantitative estimate of drug-likeness (QED) is 0.673. The number of carbonyl (C=O) groups excluding carboxylic acids is 1. The number of aromatic hydroxyl groups is 1. The molecule has 1 aliphatic carbocycles. The summed E-state index contributed by atoms with van der Waals surface area (Å²) in [5.74, 6) is 0.400. The third-order valence-corrected chi connectivity index (χ3v) is 4.67. The molecule has 2 nitrogen and oxygen atoms in total. The van der Waals surface area contributed by atoms with Gasteiger partial charge in [0.25, 0.3) is 0 Å². The number of aldehydes is 1. The largest absolute Gasteiger partial charge is 0.506 e. The number of hydrogen-bond acceptors (Lipinski definition) is 2. The molecule has 0 radical (unpaired) electrons. The zero-order valence-electron chi connectivity index (χ0n) is 10.7. The van der Waals surface area contributed by atoms with Crippen molar-refractivity contribution in [1.29, 1.82) is 0 Å². The number of benzene rings is 1. The van der Waals surface area contributed by atoms with Crippen LogP contribution in [0.3, 0.4) is 0 Å². The molecule has 98 valence electrons. The fourth-order valence-corrected chi connectivity index (χ4v) is 3.37. The van der Waals surface area contributed by atoms with Crippen LogP contribution in [0.1, 0.15) is 55.2 Å². The van der Waals surface area contributed by atoms with Gasteiger partial charge in [-0.3, -0.25) is 0 Å². The number of phenols is 1. The summed E-state index contributed by atoms with van der Waals surface area (Å²) in [6.07, 6.45) is 7.14. The van der Waals surface area contributed by atoms with Crippen molar-refractivity contribution < 1.29 is 9.90 Å². The zero-order chi connectivity index (χ0) is 13.1. The van der Waals surface area contributed by atoms with Gasteiger partial charge in [0.15, 0.2) is 0 Å². The Labute approximate surface area is 117 Å². The minimum absolute atomic E-state index is 0.0763. The first-order chi connectivity index (χ1) is 8.65. The molecule has 18 heavy (non-hydrogen) atoms. The Morgan fingerprint density at radius 1 is 1.39 bits per heavy atom. The number of phenolic OH excluding ortho intramolecular Hbond substituents is 1. The molecule has 0 bridgehead atoms. The highest BCUT2D eigenvalue weighted by Gasteiger charge is 2.20. The summed E-state index contributed by atoms with van der Waals surface area (Å²) in [5.41, 5.74) is 3.49. The van der Waals surface area contributed by atoms with Gasteiger partial charge in [-0.25, -0.2) is 0 Å². The molecule has 0 spiro atoms. The van der Waals surface area contributed by atoms with Crippen molar-refractivity contribution in [3.63, 3.8) is 0 Å². The SMILES string of the molecule is CC(CC=O)c1cc2c(c(Br)c1O)CCCCC2. The predicted octanol–water partition coefficient (Wildman–Crippen LogP) is 4.12. The van der Waals surface area contributed by atoms with Crippen molar-refractivity contribution in [2.75, 3.05) is 0 Å². The predicted molar refractivity (Wildman–Crippen MR) is 76.2 cm³/mol. The third kappa shape index (κ3) is 2.61. The molecule has 0 amide bonds. The van der Waals surface area contributed by atoms with Gasteiger partial charge in [-0.05, 0) is 64.2 Å². The molecule has 1 atom stereocenters. The van der Waals surface area contributed by atoms with Gasteiger partial charge in [-0.2, -0.15) is 0 Å². The van der Waals surface area contributed by atoms with E-state index in [1.54, 1.807) is 0 Å². The van der Waals surface area contributed by atoms with Gasteiger partial charge in [0.1, 0.15) is 12.0 Å². The summed E-state index contributed by atoms with van der Waals surface area (Å²) in [4.78, 5) is 10.6. The van der Waals surface area contributed by atoms with E-state index in [1.165, 1.54) is 30.4 Å². The fourth-order valence-electron chi connectivity index (χ4n) is 2.69. The molecule has 0 fully saturated rings. The number of aryl methyl sites for hydroxylation is 1. The molecule has 1 aromatic carbocycles. The van der Waals surface area contributed by atoms with E-state index in [-0.39, 0.29) is 5.92 Å². The maximum atomic E-state index is 10.6. The number of carbonyl (C=O) groups is 1. The second-order valence-electron chi connectivity index (χ2n) is 5.13. The molecular weight excluding hydrogens is 292 g/mol. The number of fused-ring (bicyclic) bond motifs is 1. The smallest absolute Gasteiger partial charge is 0.133 e. The van der Waals surface area contributed by atoms with Crippen LogP contribution in [0.5, 0.6) is 5.75 Å². The van der Waals surface area contributed by atoms with E-state index in [4.69, 9.17) is 0 Å². The van der Waals surface area contributed by atoms with Gasteiger partial charge in [-0.15, -0.1) is 0 Å². The Kier molecular flexibility index (Phi) is 4.44. The number of halogens is 1. The highest BCUT2D eigenvalue weighted by Crippen LogP contribution is 2.40. The molecule has 0 heterocycles. The maximum absolute atomic E-state index is 10.6. The topological polar surface area (TPSA) is 37.3 Å². The third-order valence-electron chi connectivity index (χ3n) is 3.82. The van der Waals surface area contributed by atoms with Crippen molar-refractivity contribution in [3.8, 4) is 5.75 Å². The minimum atomic E-state index is 0.0763. The highest BCUT2D eigenvalue weighted by molar-refractivity contribution is 9.10. The van der Waals surface area contributed by atoms with Crippen LogP contribution < -0.4 is 0 Å². The first-order valence-corrected chi connectivity index (χ1v) is 7.41. The van der Waals surface area contributed by atoms with E-state index in [9.17, 15) is 9.90 Å². The Balaban J connectivity index is 2.46. The summed E-state index contributed by atoms with van der Waals surface area (Å²) in [7, 11) is 0. The summed E-state index contributed by atoms with van der Waals surface area (Å²) in [6.45, 7) is 1.99. The van der Waals surface area contributed by atoms with Crippen LogP contribution >= 0.6 is 15.9 Å². The fraction of sp³-hybridized carbons (Fsp3) is 0.533. The van der Waals surface area contributed by atoms with E-state index in [2.05, 4.69) is 22.0 Å². The minimum Gasteiger partial charge on any atom is -0.506 e. The summed E-state index contributed by atoms with van der Waals surface area (Å²) >= 11 is 3.53. The monoisotopic (exact) mass is 310 g/mol. The van der Waals surface area contributed by atoms with E-state index in [1.807, 2.05) is 6.92 Å².